The van der Waals surface area contributed by atoms with Gasteiger partial charge in [-0.2, -0.15) is 0 Å². The number of nitrogens with zero attached hydrogens (tertiary/aromatic N) is 4. The summed E-state index contributed by atoms with van der Waals surface area (Å²) in [4.78, 5) is 29.8. The number of benzene rings is 1. The zero-order valence-electron chi connectivity index (χ0n) is 16.0. The molecule has 7 nitrogen and oxygen atoms in total. The molecule has 0 spiro atoms. The number of carboxylic acids is 1. The first kappa shape index (κ1) is 20.0. The standard InChI is InChI=1S/C20H25FN4O3/c1-2-6-17-22-19(23-25(17)16-9-4-3-8-15(16)21)20(28)24-12-5-7-14(13-24)10-11-18(26)27/h3-4,8-9,14H,2,5-7,10-13H2,1H3,(H,26,27)/t14-/m0/s1. The number of para-hydroxylation sites is 1. The van der Waals surface area contributed by atoms with Gasteiger partial charge in [0.2, 0.25) is 5.82 Å². The SMILES string of the molecule is CCCc1nc(C(=O)N2CCC[C@@H](CCC(=O)O)C2)nn1-c1ccccc1F. The van der Waals surface area contributed by atoms with Gasteiger partial charge in [0.1, 0.15) is 17.3 Å². The number of likely N-dealkylation sites (tertiary alicyclic amines) is 1. The van der Waals surface area contributed by atoms with Crippen LogP contribution in [0.4, 0.5) is 4.39 Å². The topological polar surface area (TPSA) is 88.3 Å². The fourth-order valence-electron chi connectivity index (χ4n) is 3.59. The summed E-state index contributed by atoms with van der Waals surface area (Å²) < 4.78 is 15.6. The monoisotopic (exact) mass is 388 g/mol. The summed E-state index contributed by atoms with van der Waals surface area (Å²) in [6.45, 7) is 3.09. The molecule has 1 aliphatic heterocycles. The zero-order valence-corrected chi connectivity index (χ0v) is 16.0. The minimum Gasteiger partial charge on any atom is -0.481 e. The number of amides is 1. The first-order chi connectivity index (χ1) is 13.5. The van der Waals surface area contributed by atoms with E-state index in [1.807, 2.05) is 6.92 Å². The molecule has 1 N–H and O–H groups in total. The minimum absolute atomic E-state index is 0.0607. The molecule has 1 fully saturated rings. The normalized spacial score (nSPS) is 16.9. The molecule has 1 atom stereocenters. The predicted molar refractivity (Wildman–Crippen MR) is 101 cm³/mol. The van der Waals surface area contributed by atoms with Crippen LogP contribution in [-0.4, -0.2) is 49.7 Å². The van der Waals surface area contributed by atoms with E-state index >= 15 is 0 Å². The highest BCUT2D eigenvalue weighted by Gasteiger charge is 2.28. The molecule has 0 bridgehead atoms. The highest BCUT2D eigenvalue weighted by atomic mass is 19.1. The molecule has 28 heavy (non-hydrogen) atoms. The van der Waals surface area contributed by atoms with Crippen molar-refractivity contribution in [2.24, 2.45) is 5.92 Å². The van der Waals surface area contributed by atoms with Gasteiger partial charge in [-0.1, -0.05) is 19.1 Å². The van der Waals surface area contributed by atoms with E-state index in [2.05, 4.69) is 10.1 Å². The van der Waals surface area contributed by atoms with Gasteiger partial charge in [-0.15, -0.1) is 5.10 Å². The van der Waals surface area contributed by atoms with Crippen molar-refractivity contribution in [1.29, 1.82) is 0 Å². The van der Waals surface area contributed by atoms with E-state index in [1.54, 1.807) is 23.1 Å². The van der Waals surface area contributed by atoms with Crippen molar-refractivity contribution in [3.8, 4) is 5.69 Å². The molecule has 2 heterocycles. The van der Waals surface area contributed by atoms with E-state index in [0.717, 1.165) is 19.3 Å². The number of halogens is 1. The van der Waals surface area contributed by atoms with Crippen LogP contribution >= 0.6 is 0 Å². The third-order valence-corrected chi connectivity index (χ3v) is 4.99. The summed E-state index contributed by atoms with van der Waals surface area (Å²) in [7, 11) is 0. The van der Waals surface area contributed by atoms with Crippen molar-refractivity contribution < 1.29 is 19.1 Å². The number of rotatable bonds is 7. The Morgan fingerprint density at radius 1 is 1.32 bits per heavy atom. The van der Waals surface area contributed by atoms with Gasteiger partial charge in [-0.25, -0.2) is 14.1 Å². The second-order valence-electron chi connectivity index (χ2n) is 7.16. The quantitative estimate of drug-likeness (QED) is 0.787. The maximum Gasteiger partial charge on any atom is 0.303 e. The first-order valence-corrected chi connectivity index (χ1v) is 9.71. The second-order valence-corrected chi connectivity index (χ2v) is 7.16. The number of hydrogen-bond donors (Lipinski definition) is 1. The molecule has 150 valence electrons. The number of carbonyl (C=O) groups excluding carboxylic acids is 1. The summed E-state index contributed by atoms with van der Waals surface area (Å²) in [5.41, 5.74) is 0.274. The lowest BCUT2D eigenvalue weighted by atomic mass is 9.93. The Kier molecular flexibility index (Phi) is 6.38. The Balaban J connectivity index is 1.81. The van der Waals surface area contributed by atoms with Crippen LogP contribution in [0, 0.1) is 11.7 Å². The molecule has 1 aromatic heterocycles. The molecule has 0 aliphatic carbocycles. The van der Waals surface area contributed by atoms with Crippen molar-refractivity contribution in [2.75, 3.05) is 13.1 Å². The summed E-state index contributed by atoms with van der Waals surface area (Å²) in [5, 5.41) is 13.2. The Morgan fingerprint density at radius 3 is 2.82 bits per heavy atom. The number of aryl methyl sites for hydroxylation is 1. The number of carboxylic acid groups (broad SMARTS) is 1. The number of aromatic nitrogens is 3. The molecule has 1 aliphatic rings. The van der Waals surface area contributed by atoms with Crippen LogP contribution in [0.3, 0.4) is 0 Å². The van der Waals surface area contributed by atoms with Crippen LogP contribution in [0.15, 0.2) is 24.3 Å². The lowest BCUT2D eigenvalue weighted by Gasteiger charge is -2.31. The van der Waals surface area contributed by atoms with Gasteiger partial charge in [0.05, 0.1) is 0 Å². The Labute approximate surface area is 163 Å². The average Bonchev–Trinajstić information content (AvgIpc) is 3.10. The van der Waals surface area contributed by atoms with Crippen LogP contribution in [0.5, 0.6) is 0 Å². The smallest absolute Gasteiger partial charge is 0.303 e. The molecule has 0 unspecified atom stereocenters. The van der Waals surface area contributed by atoms with Crippen molar-refractivity contribution >= 4 is 11.9 Å². The number of aliphatic carboxylic acids is 1. The minimum atomic E-state index is -0.821. The summed E-state index contributed by atoms with van der Waals surface area (Å²) in [5.74, 6) is -0.751. The fraction of sp³-hybridized carbons (Fsp3) is 0.500. The van der Waals surface area contributed by atoms with E-state index in [1.165, 1.54) is 10.7 Å². The highest BCUT2D eigenvalue weighted by Crippen LogP contribution is 2.23. The van der Waals surface area contributed by atoms with E-state index in [4.69, 9.17) is 5.11 Å². The molecule has 3 rings (SSSR count). The molecular formula is C20H25FN4O3. The van der Waals surface area contributed by atoms with E-state index in [0.29, 0.717) is 31.8 Å². The highest BCUT2D eigenvalue weighted by molar-refractivity contribution is 5.90. The Bertz CT molecular complexity index is 852. The molecule has 0 saturated carbocycles. The molecule has 1 aromatic carbocycles. The molecule has 2 aromatic rings. The third kappa shape index (κ3) is 4.55. The van der Waals surface area contributed by atoms with E-state index in [9.17, 15) is 14.0 Å². The van der Waals surface area contributed by atoms with Gasteiger partial charge in [-0.3, -0.25) is 9.59 Å². The maximum atomic E-state index is 14.2. The van der Waals surface area contributed by atoms with Crippen LogP contribution in [0.25, 0.3) is 5.69 Å². The number of carbonyl (C=O) groups is 2. The summed E-state index contributed by atoms with van der Waals surface area (Å²) in [6.07, 6.45) is 3.77. The van der Waals surface area contributed by atoms with Gasteiger partial charge < -0.3 is 10.0 Å². The van der Waals surface area contributed by atoms with Gasteiger partial charge >= 0.3 is 5.97 Å². The zero-order chi connectivity index (χ0) is 20.1. The fourth-order valence-corrected chi connectivity index (χ4v) is 3.59. The van der Waals surface area contributed by atoms with E-state index in [-0.39, 0.29) is 29.8 Å². The predicted octanol–water partition coefficient (Wildman–Crippen LogP) is 3.08. The molecule has 0 radical (unpaired) electrons. The number of piperidine rings is 1. The average molecular weight is 388 g/mol. The molecule has 8 heteroatoms. The van der Waals surface area contributed by atoms with Crippen LogP contribution in [0.2, 0.25) is 0 Å². The lowest BCUT2D eigenvalue weighted by molar-refractivity contribution is -0.137. The first-order valence-electron chi connectivity index (χ1n) is 9.71. The van der Waals surface area contributed by atoms with E-state index < -0.39 is 11.8 Å². The van der Waals surface area contributed by atoms with Gasteiger partial charge in [-0.05, 0) is 43.7 Å². The van der Waals surface area contributed by atoms with Crippen LogP contribution < -0.4 is 0 Å². The lowest BCUT2D eigenvalue weighted by Crippen LogP contribution is -2.40. The van der Waals surface area contributed by atoms with Gasteiger partial charge in [0.25, 0.3) is 5.91 Å². The largest absolute Gasteiger partial charge is 0.481 e. The van der Waals surface area contributed by atoms with Crippen LogP contribution in [0.1, 0.15) is 55.5 Å². The van der Waals surface area contributed by atoms with Gasteiger partial charge in [0, 0.05) is 25.9 Å². The summed E-state index contributed by atoms with van der Waals surface area (Å²) in [6, 6.07) is 6.29. The van der Waals surface area contributed by atoms with Crippen molar-refractivity contribution in [3.05, 3.63) is 41.7 Å². The number of hydrogen-bond acceptors (Lipinski definition) is 4. The summed E-state index contributed by atoms with van der Waals surface area (Å²) >= 11 is 0. The van der Waals surface area contributed by atoms with Crippen molar-refractivity contribution in [2.45, 2.75) is 45.4 Å². The van der Waals surface area contributed by atoms with Crippen LogP contribution in [-0.2, 0) is 11.2 Å². The molecular weight excluding hydrogens is 363 g/mol. The molecule has 1 saturated heterocycles. The van der Waals surface area contributed by atoms with Gasteiger partial charge in [0.15, 0.2) is 0 Å². The third-order valence-electron chi connectivity index (χ3n) is 4.99. The van der Waals surface area contributed by atoms with Crippen molar-refractivity contribution in [1.82, 2.24) is 19.7 Å². The Hall–Kier alpha value is -2.77. The molecule has 1 amide bonds. The van der Waals surface area contributed by atoms with Crippen molar-refractivity contribution in [3.63, 3.8) is 0 Å². The second kappa shape index (κ2) is 8.95. The maximum absolute atomic E-state index is 14.2. The Morgan fingerprint density at radius 2 is 2.11 bits per heavy atom.